The van der Waals surface area contributed by atoms with Crippen LogP contribution in [0.4, 0.5) is 0 Å². The molecule has 1 aliphatic rings. The molecule has 0 spiro atoms. The van der Waals surface area contributed by atoms with Gasteiger partial charge in [-0.25, -0.2) is 13.2 Å². The summed E-state index contributed by atoms with van der Waals surface area (Å²) >= 11 is 0. The number of benzene rings is 1. The summed E-state index contributed by atoms with van der Waals surface area (Å²) < 4.78 is 36.6. The molecule has 2 N–H and O–H groups in total. The summed E-state index contributed by atoms with van der Waals surface area (Å²) in [4.78, 5) is 11.6. The molecule has 0 saturated carbocycles. The van der Waals surface area contributed by atoms with E-state index in [4.69, 9.17) is 10.5 Å². The van der Waals surface area contributed by atoms with Crippen molar-refractivity contribution in [2.24, 2.45) is 11.7 Å². The second-order valence-corrected chi connectivity index (χ2v) is 7.02. The fourth-order valence-electron chi connectivity index (χ4n) is 2.47. The van der Waals surface area contributed by atoms with E-state index in [2.05, 4.69) is 4.74 Å². The number of ether oxygens (including phenoxy) is 2. The zero-order valence-corrected chi connectivity index (χ0v) is 14.7. The van der Waals surface area contributed by atoms with Crippen LogP contribution < -0.4 is 10.5 Å². The first-order valence-electron chi connectivity index (χ1n) is 6.90. The minimum absolute atomic E-state index is 0. The van der Waals surface area contributed by atoms with E-state index in [-0.39, 0.29) is 34.5 Å². The van der Waals surface area contributed by atoms with Crippen LogP contribution in [-0.2, 0) is 14.8 Å². The van der Waals surface area contributed by atoms with Crippen LogP contribution >= 0.6 is 12.4 Å². The van der Waals surface area contributed by atoms with Crippen molar-refractivity contribution in [3.63, 3.8) is 0 Å². The molecule has 0 aliphatic carbocycles. The highest BCUT2D eigenvalue weighted by atomic mass is 35.5. The number of halogens is 1. The van der Waals surface area contributed by atoms with Gasteiger partial charge in [-0.15, -0.1) is 12.4 Å². The minimum atomic E-state index is -3.67. The van der Waals surface area contributed by atoms with Crippen molar-refractivity contribution in [3.8, 4) is 5.75 Å². The Bertz CT molecular complexity index is 665. The van der Waals surface area contributed by atoms with Gasteiger partial charge in [0, 0.05) is 13.1 Å². The second-order valence-electron chi connectivity index (χ2n) is 5.11. The molecule has 1 aromatic rings. The van der Waals surface area contributed by atoms with Gasteiger partial charge < -0.3 is 15.2 Å². The molecule has 1 fully saturated rings. The first-order valence-corrected chi connectivity index (χ1v) is 8.34. The van der Waals surface area contributed by atoms with E-state index in [1.165, 1.54) is 36.7 Å². The smallest absolute Gasteiger partial charge is 0.337 e. The number of hydrogen-bond acceptors (Lipinski definition) is 6. The summed E-state index contributed by atoms with van der Waals surface area (Å²) in [5.74, 6) is -0.249. The summed E-state index contributed by atoms with van der Waals surface area (Å²) in [6.45, 7) is 1.30. The SMILES string of the molecule is COC(=O)c1ccc(S(=O)(=O)N2CCC(CN)C2)c(OC)c1.Cl. The Morgan fingerprint density at radius 2 is 2.09 bits per heavy atom. The van der Waals surface area contributed by atoms with Crippen molar-refractivity contribution in [1.82, 2.24) is 4.31 Å². The Hall–Kier alpha value is -1.35. The van der Waals surface area contributed by atoms with E-state index < -0.39 is 16.0 Å². The number of methoxy groups -OCH3 is 2. The van der Waals surface area contributed by atoms with Crippen LogP contribution in [0.15, 0.2) is 23.1 Å². The summed E-state index contributed by atoms with van der Waals surface area (Å²) in [6.07, 6.45) is 0.748. The van der Waals surface area contributed by atoms with E-state index in [9.17, 15) is 13.2 Å². The Labute approximate surface area is 142 Å². The molecule has 1 unspecified atom stereocenters. The summed E-state index contributed by atoms with van der Waals surface area (Å²) in [6, 6.07) is 4.16. The van der Waals surface area contributed by atoms with Crippen molar-refractivity contribution >= 4 is 28.4 Å². The molecule has 0 amide bonds. The molecule has 1 aliphatic heterocycles. The van der Waals surface area contributed by atoms with E-state index in [0.29, 0.717) is 19.6 Å². The van der Waals surface area contributed by atoms with Crippen molar-refractivity contribution in [2.45, 2.75) is 11.3 Å². The highest BCUT2D eigenvalue weighted by Crippen LogP contribution is 2.31. The average molecular weight is 365 g/mol. The summed E-state index contributed by atoms with van der Waals surface area (Å²) in [5.41, 5.74) is 5.84. The number of sulfonamides is 1. The van der Waals surface area contributed by atoms with Gasteiger partial charge in [0.15, 0.2) is 0 Å². The molecule has 1 aromatic carbocycles. The first kappa shape index (κ1) is 19.7. The maximum atomic E-state index is 12.7. The monoisotopic (exact) mass is 364 g/mol. The number of nitrogens with two attached hydrogens (primary N) is 1. The van der Waals surface area contributed by atoms with Crippen LogP contribution in [-0.4, -0.2) is 52.5 Å². The lowest BCUT2D eigenvalue weighted by Crippen LogP contribution is -2.30. The van der Waals surface area contributed by atoms with E-state index in [0.717, 1.165) is 6.42 Å². The van der Waals surface area contributed by atoms with Crippen LogP contribution in [0.1, 0.15) is 16.8 Å². The van der Waals surface area contributed by atoms with Gasteiger partial charge in [0.05, 0.1) is 19.8 Å². The molecule has 0 bridgehead atoms. The zero-order chi connectivity index (χ0) is 16.3. The van der Waals surface area contributed by atoms with Crippen LogP contribution in [0.25, 0.3) is 0 Å². The predicted molar refractivity (Wildman–Crippen MR) is 87.5 cm³/mol. The molecule has 1 saturated heterocycles. The fourth-order valence-corrected chi connectivity index (χ4v) is 4.14. The Morgan fingerprint density at radius 1 is 1.39 bits per heavy atom. The van der Waals surface area contributed by atoms with Crippen molar-refractivity contribution < 1.29 is 22.7 Å². The average Bonchev–Trinajstić information content (AvgIpc) is 3.03. The Balaban J connectivity index is 0.00000264. The van der Waals surface area contributed by atoms with Crippen molar-refractivity contribution in [2.75, 3.05) is 33.9 Å². The van der Waals surface area contributed by atoms with E-state index in [1.54, 1.807) is 0 Å². The topological polar surface area (TPSA) is 98.9 Å². The first-order chi connectivity index (χ1) is 10.4. The van der Waals surface area contributed by atoms with Crippen molar-refractivity contribution in [3.05, 3.63) is 23.8 Å². The molecule has 2 rings (SSSR count). The second kappa shape index (κ2) is 7.96. The van der Waals surface area contributed by atoms with Crippen LogP contribution in [0.3, 0.4) is 0 Å². The minimum Gasteiger partial charge on any atom is -0.495 e. The number of esters is 1. The Morgan fingerprint density at radius 3 is 2.61 bits per heavy atom. The van der Waals surface area contributed by atoms with Crippen LogP contribution in [0.2, 0.25) is 0 Å². The lowest BCUT2D eigenvalue weighted by molar-refractivity contribution is 0.0600. The fraction of sp³-hybridized carbons (Fsp3) is 0.500. The lowest BCUT2D eigenvalue weighted by atomic mass is 10.1. The third kappa shape index (κ3) is 3.95. The van der Waals surface area contributed by atoms with Gasteiger partial charge in [-0.05, 0) is 37.1 Å². The number of hydrogen-bond donors (Lipinski definition) is 1. The quantitative estimate of drug-likeness (QED) is 0.778. The van der Waals surface area contributed by atoms with Crippen LogP contribution in [0, 0.1) is 5.92 Å². The maximum absolute atomic E-state index is 12.7. The van der Waals surface area contributed by atoms with E-state index >= 15 is 0 Å². The molecular weight excluding hydrogens is 344 g/mol. The van der Waals surface area contributed by atoms with Gasteiger partial charge in [-0.2, -0.15) is 4.31 Å². The van der Waals surface area contributed by atoms with E-state index in [1.807, 2.05) is 0 Å². The van der Waals surface area contributed by atoms with Crippen LogP contribution in [0.5, 0.6) is 5.75 Å². The van der Waals surface area contributed by atoms with Gasteiger partial charge in [-0.3, -0.25) is 0 Å². The molecule has 0 aromatic heterocycles. The molecule has 9 heteroatoms. The largest absolute Gasteiger partial charge is 0.495 e. The highest BCUT2D eigenvalue weighted by Gasteiger charge is 2.34. The van der Waals surface area contributed by atoms with Crippen molar-refractivity contribution in [1.29, 1.82) is 0 Å². The molecule has 23 heavy (non-hydrogen) atoms. The molecule has 1 heterocycles. The van der Waals surface area contributed by atoms with Gasteiger partial charge in [0.25, 0.3) is 0 Å². The number of carbonyl (C=O) groups is 1. The summed E-state index contributed by atoms with van der Waals surface area (Å²) in [7, 11) is -1.05. The number of nitrogens with zero attached hydrogens (tertiary/aromatic N) is 1. The predicted octanol–water partition coefficient (Wildman–Crippen LogP) is 0.873. The maximum Gasteiger partial charge on any atom is 0.337 e. The van der Waals surface area contributed by atoms with Gasteiger partial charge in [0.1, 0.15) is 10.6 Å². The highest BCUT2D eigenvalue weighted by molar-refractivity contribution is 7.89. The Kier molecular flexibility index (Phi) is 6.82. The summed E-state index contributed by atoms with van der Waals surface area (Å²) in [5, 5.41) is 0. The molecule has 7 nitrogen and oxygen atoms in total. The number of carbonyl (C=O) groups excluding carboxylic acids is 1. The normalized spacial score (nSPS) is 18.3. The lowest BCUT2D eigenvalue weighted by Gasteiger charge is -2.18. The standard InChI is InChI=1S/C14H20N2O5S.ClH/c1-20-12-7-11(14(17)21-2)3-4-13(12)22(18,19)16-6-5-10(8-15)9-16;/h3-4,7,10H,5-6,8-9,15H2,1-2H3;1H. The van der Waals surface area contributed by atoms with Gasteiger partial charge in [-0.1, -0.05) is 0 Å². The molecular formula is C14H21ClN2O5S. The third-order valence-electron chi connectivity index (χ3n) is 3.78. The van der Waals surface area contributed by atoms with Gasteiger partial charge in [0.2, 0.25) is 10.0 Å². The molecule has 0 radical (unpaired) electrons. The molecule has 130 valence electrons. The molecule has 1 atom stereocenters. The zero-order valence-electron chi connectivity index (χ0n) is 13.0. The van der Waals surface area contributed by atoms with Gasteiger partial charge >= 0.3 is 5.97 Å². The third-order valence-corrected chi connectivity index (χ3v) is 5.69. The number of rotatable bonds is 5.